The highest BCUT2D eigenvalue weighted by atomic mass is 16.6. The summed E-state index contributed by atoms with van der Waals surface area (Å²) in [5.74, 6) is 1.10. The Morgan fingerprint density at radius 2 is 2.11 bits per heavy atom. The molecule has 2 N–H and O–H groups in total. The van der Waals surface area contributed by atoms with Crippen molar-refractivity contribution in [2.24, 2.45) is 11.8 Å². The van der Waals surface area contributed by atoms with Crippen molar-refractivity contribution in [3.8, 4) is 0 Å². The lowest BCUT2D eigenvalue weighted by Crippen LogP contribution is -2.42. The Morgan fingerprint density at radius 1 is 1.44 bits per heavy atom. The fourth-order valence-corrected chi connectivity index (χ4v) is 2.23. The van der Waals surface area contributed by atoms with E-state index in [-0.39, 0.29) is 12.1 Å². The lowest BCUT2D eigenvalue weighted by atomic mass is 9.92. The van der Waals surface area contributed by atoms with Crippen molar-refractivity contribution in [2.75, 3.05) is 13.1 Å². The van der Waals surface area contributed by atoms with Crippen LogP contribution in [0.2, 0.25) is 0 Å². The van der Waals surface area contributed by atoms with E-state index in [0.717, 1.165) is 19.5 Å². The van der Waals surface area contributed by atoms with Gasteiger partial charge in [0.05, 0.1) is 0 Å². The zero-order chi connectivity index (χ0) is 13.8. The molecule has 1 amide bonds. The van der Waals surface area contributed by atoms with E-state index < -0.39 is 5.60 Å². The van der Waals surface area contributed by atoms with E-state index in [4.69, 9.17) is 4.74 Å². The molecule has 4 nitrogen and oxygen atoms in total. The van der Waals surface area contributed by atoms with E-state index in [1.165, 1.54) is 6.42 Å². The van der Waals surface area contributed by atoms with Crippen molar-refractivity contribution in [2.45, 2.75) is 59.1 Å². The highest BCUT2D eigenvalue weighted by Gasteiger charge is 2.25. The third kappa shape index (κ3) is 5.71. The maximum absolute atomic E-state index is 11.8. The van der Waals surface area contributed by atoms with Gasteiger partial charge in [-0.2, -0.15) is 0 Å². The molecule has 1 aliphatic heterocycles. The number of hydrogen-bond donors (Lipinski definition) is 2. The highest BCUT2D eigenvalue weighted by molar-refractivity contribution is 5.68. The summed E-state index contributed by atoms with van der Waals surface area (Å²) in [5.41, 5.74) is -0.430. The Morgan fingerprint density at radius 3 is 2.56 bits per heavy atom. The predicted octanol–water partition coefficient (Wildman–Crippen LogP) is 2.54. The lowest BCUT2D eigenvalue weighted by molar-refractivity contribution is 0.0482. The number of amides is 1. The van der Waals surface area contributed by atoms with Gasteiger partial charge in [0.1, 0.15) is 5.60 Å². The van der Waals surface area contributed by atoms with Gasteiger partial charge in [-0.25, -0.2) is 4.79 Å². The maximum Gasteiger partial charge on any atom is 0.407 e. The standard InChI is InChI=1S/C14H28N2O2/c1-10(2)12(8-11-6-7-15-9-11)16-13(17)18-14(3,4)5/h10-12,15H,6-9H2,1-5H3,(H,16,17). The number of ether oxygens (including phenoxy) is 1. The van der Waals surface area contributed by atoms with Crippen molar-refractivity contribution in [1.29, 1.82) is 0 Å². The van der Waals surface area contributed by atoms with E-state index in [1.54, 1.807) is 0 Å². The molecular weight excluding hydrogens is 228 g/mol. The second kappa shape index (κ2) is 6.41. The van der Waals surface area contributed by atoms with Crippen LogP contribution in [0.25, 0.3) is 0 Å². The van der Waals surface area contributed by atoms with Gasteiger partial charge in [0.25, 0.3) is 0 Å². The fraction of sp³-hybridized carbons (Fsp3) is 0.929. The minimum absolute atomic E-state index is 0.199. The first-order valence-electron chi connectivity index (χ1n) is 6.98. The first kappa shape index (κ1) is 15.3. The molecule has 4 heteroatoms. The molecule has 0 saturated carbocycles. The third-order valence-corrected chi connectivity index (χ3v) is 3.26. The molecular formula is C14H28N2O2. The van der Waals surface area contributed by atoms with Crippen LogP contribution in [-0.2, 0) is 4.74 Å². The van der Waals surface area contributed by atoms with Crippen LogP contribution in [-0.4, -0.2) is 30.8 Å². The summed E-state index contributed by atoms with van der Waals surface area (Å²) in [4.78, 5) is 11.8. The number of hydrogen-bond acceptors (Lipinski definition) is 3. The molecule has 0 aromatic heterocycles. The molecule has 1 aliphatic rings. The van der Waals surface area contributed by atoms with Crippen LogP contribution < -0.4 is 10.6 Å². The van der Waals surface area contributed by atoms with Gasteiger partial charge in [-0.15, -0.1) is 0 Å². The van der Waals surface area contributed by atoms with Crippen molar-refractivity contribution >= 4 is 6.09 Å². The minimum Gasteiger partial charge on any atom is -0.444 e. The molecule has 1 rings (SSSR count). The molecule has 1 heterocycles. The first-order valence-corrected chi connectivity index (χ1v) is 6.98. The average Bonchev–Trinajstić information content (AvgIpc) is 2.66. The number of carbonyl (C=O) groups is 1. The molecule has 0 aromatic rings. The van der Waals surface area contributed by atoms with Crippen LogP contribution in [0.5, 0.6) is 0 Å². The summed E-state index contributed by atoms with van der Waals surface area (Å²) in [6.07, 6.45) is 1.94. The highest BCUT2D eigenvalue weighted by Crippen LogP contribution is 2.19. The topological polar surface area (TPSA) is 50.4 Å². The van der Waals surface area contributed by atoms with E-state index in [1.807, 2.05) is 20.8 Å². The molecule has 0 aromatic carbocycles. The molecule has 18 heavy (non-hydrogen) atoms. The second-order valence-corrected chi connectivity index (χ2v) is 6.59. The molecule has 0 bridgehead atoms. The van der Waals surface area contributed by atoms with Crippen molar-refractivity contribution in [3.05, 3.63) is 0 Å². The van der Waals surface area contributed by atoms with Crippen LogP contribution >= 0.6 is 0 Å². The van der Waals surface area contributed by atoms with Crippen LogP contribution in [0.15, 0.2) is 0 Å². The molecule has 2 unspecified atom stereocenters. The maximum atomic E-state index is 11.8. The molecule has 0 spiro atoms. The van der Waals surface area contributed by atoms with E-state index in [9.17, 15) is 4.79 Å². The Labute approximate surface area is 111 Å². The second-order valence-electron chi connectivity index (χ2n) is 6.59. The summed E-state index contributed by atoms with van der Waals surface area (Å²) in [6, 6.07) is 0.199. The summed E-state index contributed by atoms with van der Waals surface area (Å²) >= 11 is 0. The normalized spacial score (nSPS) is 22.0. The molecule has 2 atom stereocenters. The van der Waals surface area contributed by atoms with Gasteiger partial charge >= 0.3 is 6.09 Å². The van der Waals surface area contributed by atoms with Gasteiger partial charge < -0.3 is 15.4 Å². The Hall–Kier alpha value is -0.770. The Balaban J connectivity index is 2.44. The molecule has 1 saturated heterocycles. The van der Waals surface area contributed by atoms with Gasteiger partial charge in [0.2, 0.25) is 0 Å². The van der Waals surface area contributed by atoms with Crippen LogP contribution in [0.1, 0.15) is 47.5 Å². The van der Waals surface area contributed by atoms with Gasteiger partial charge in [-0.3, -0.25) is 0 Å². The van der Waals surface area contributed by atoms with Crippen LogP contribution in [0, 0.1) is 11.8 Å². The van der Waals surface area contributed by atoms with E-state index >= 15 is 0 Å². The van der Waals surface area contributed by atoms with Crippen molar-refractivity contribution in [3.63, 3.8) is 0 Å². The first-order chi connectivity index (χ1) is 8.28. The zero-order valence-electron chi connectivity index (χ0n) is 12.4. The SMILES string of the molecule is CC(C)C(CC1CCNC1)NC(=O)OC(C)(C)C. The summed E-state index contributed by atoms with van der Waals surface area (Å²) in [5, 5.41) is 6.38. The number of alkyl carbamates (subject to hydrolysis) is 1. The Bertz CT molecular complexity index is 265. The van der Waals surface area contributed by atoms with Gasteiger partial charge in [-0.05, 0) is 58.5 Å². The van der Waals surface area contributed by atoms with E-state index in [2.05, 4.69) is 24.5 Å². The van der Waals surface area contributed by atoms with Crippen molar-refractivity contribution < 1.29 is 9.53 Å². The summed E-state index contributed by atoms with van der Waals surface area (Å²) in [6.45, 7) is 12.1. The smallest absolute Gasteiger partial charge is 0.407 e. The number of nitrogens with one attached hydrogen (secondary N) is 2. The van der Waals surface area contributed by atoms with Gasteiger partial charge in [0, 0.05) is 6.04 Å². The van der Waals surface area contributed by atoms with Gasteiger partial charge in [0.15, 0.2) is 0 Å². The average molecular weight is 256 g/mol. The number of carbonyl (C=O) groups excluding carboxylic acids is 1. The fourth-order valence-electron chi connectivity index (χ4n) is 2.23. The lowest BCUT2D eigenvalue weighted by Gasteiger charge is -2.27. The van der Waals surface area contributed by atoms with E-state index in [0.29, 0.717) is 11.8 Å². The zero-order valence-corrected chi connectivity index (χ0v) is 12.4. The van der Waals surface area contributed by atoms with Crippen LogP contribution in [0.4, 0.5) is 4.79 Å². The monoisotopic (exact) mass is 256 g/mol. The summed E-state index contributed by atoms with van der Waals surface area (Å²) in [7, 11) is 0. The molecule has 0 aliphatic carbocycles. The predicted molar refractivity (Wildman–Crippen MR) is 73.6 cm³/mol. The van der Waals surface area contributed by atoms with Crippen molar-refractivity contribution in [1.82, 2.24) is 10.6 Å². The minimum atomic E-state index is -0.430. The largest absolute Gasteiger partial charge is 0.444 e. The quantitative estimate of drug-likeness (QED) is 0.812. The molecule has 106 valence electrons. The molecule has 0 radical (unpaired) electrons. The Kier molecular flexibility index (Phi) is 5.45. The van der Waals surface area contributed by atoms with Crippen LogP contribution in [0.3, 0.4) is 0 Å². The third-order valence-electron chi connectivity index (χ3n) is 3.26. The summed E-state index contributed by atoms with van der Waals surface area (Å²) < 4.78 is 5.32. The number of rotatable bonds is 4. The molecule has 1 fully saturated rings. The van der Waals surface area contributed by atoms with Gasteiger partial charge in [-0.1, -0.05) is 13.8 Å².